The number of halogens is 1. The van der Waals surface area contributed by atoms with Gasteiger partial charge < -0.3 is 9.26 Å². The van der Waals surface area contributed by atoms with Crippen LogP contribution >= 0.6 is 15.9 Å². The summed E-state index contributed by atoms with van der Waals surface area (Å²) in [6.45, 7) is 4.31. The van der Waals surface area contributed by atoms with E-state index in [1.807, 2.05) is 12.1 Å². The fourth-order valence-corrected chi connectivity index (χ4v) is 3.85. The van der Waals surface area contributed by atoms with Crippen LogP contribution in [0.2, 0.25) is 0 Å². The molecule has 2 aromatic rings. The van der Waals surface area contributed by atoms with Gasteiger partial charge in [0, 0.05) is 35.2 Å². The largest absolute Gasteiger partial charge is 0.371 e. The minimum Gasteiger partial charge on any atom is -0.371 e. The SMILES string of the molecule is COC1(c2ncccc2Br)Cc2cnoc2C(C)(C)C1. The number of hydrogen-bond donors (Lipinski definition) is 0. The van der Waals surface area contributed by atoms with E-state index < -0.39 is 5.60 Å². The molecule has 0 amide bonds. The fraction of sp³-hybridized carbons (Fsp3) is 0.467. The van der Waals surface area contributed by atoms with Gasteiger partial charge in [0.25, 0.3) is 0 Å². The van der Waals surface area contributed by atoms with Crippen LogP contribution < -0.4 is 0 Å². The molecule has 1 aliphatic carbocycles. The number of pyridine rings is 1. The molecule has 1 unspecified atom stereocenters. The molecule has 3 rings (SSSR count). The number of rotatable bonds is 2. The number of ether oxygens (including phenoxy) is 1. The van der Waals surface area contributed by atoms with Gasteiger partial charge in [-0.2, -0.15) is 0 Å². The zero-order valence-corrected chi connectivity index (χ0v) is 13.4. The smallest absolute Gasteiger partial charge is 0.145 e. The van der Waals surface area contributed by atoms with Crippen molar-refractivity contribution in [1.82, 2.24) is 10.1 Å². The van der Waals surface area contributed by atoms with Crippen molar-refractivity contribution in [3.05, 3.63) is 46.0 Å². The zero-order chi connectivity index (χ0) is 14.4. The summed E-state index contributed by atoms with van der Waals surface area (Å²) in [5.74, 6) is 0.956. The second kappa shape index (κ2) is 4.67. The van der Waals surface area contributed by atoms with Gasteiger partial charge in [-0.05, 0) is 34.5 Å². The standard InChI is InChI=1S/C15H17BrN2O2/c1-14(2)9-15(19-3,7-10-8-18-20-13(10)14)12-11(16)5-4-6-17-12/h4-6,8H,7,9H2,1-3H3. The predicted octanol–water partition coefficient (Wildman–Crippen LogP) is 3.60. The number of nitrogens with zero attached hydrogens (tertiary/aromatic N) is 2. The molecule has 0 bridgehead atoms. The molecule has 0 spiro atoms. The van der Waals surface area contributed by atoms with Crippen molar-refractivity contribution in [1.29, 1.82) is 0 Å². The van der Waals surface area contributed by atoms with Gasteiger partial charge in [0.1, 0.15) is 11.4 Å². The maximum absolute atomic E-state index is 5.95. The van der Waals surface area contributed by atoms with Crippen LogP contribution in [-0.2, 0) is 22.2 Å². The highest BCUT2D eigenvalue weighted by molar-refractivity contribution is 9.10. The van der Waals surface area contributed by atoms with Crippen LogP contribution in [0.3, 0.4) is 0 Å². The molecule has 0 radical (unpaired) electrons. The Morgan fingerprint density at radius 2 is 2.20 bits per heavy atom. The third-order valence-corrected chi connectivity index (χ3v) is 4.68. The molecule has 0 saturated carbocycles. The van der Waals surface area contributed by atoms with Crippen molar-refractivity contribution >= 4 is 15.9 Å². The fourth-order valence-electron chi connectivity index (χ4n) is 3.24. The first-order valence-electron chi connectivity index (χ1n) is 6.59. The van der Waals surface area contributed by atoms with Gasteiger partial charge in [-0.15, -0.1) is 0 Å². The highest BCUT2D eigenvalue weighted by Gasteiger charge is 2.48. The molecule has 106 valence electrons. The van der Waals surface area contributed by atoms with Crippen molar-refractivity contribution < 1.29 is 9.26 Å². The van der Waals surface area contributed by atoms with Crippen molar-refractivity contribution in [3.63, 3.8) is 0 Å². The lowest BCUT2D eigenvalue weighted by atomic mass is 9.68. The van der Waals surface area contributed by atoms with Crippen LogP contribution in [0.25, 0.3) is 0 Å². The van der Waals surface area contributed by atoms with Crippen LogP contribution in [0.1, 0.15) is 37.3 Å². The number of methoxy groups -OCH3 is 1. The molecule has 4 nitrogen and oxygen atoms in total. The van der Waals surface area contributed by atoms with E-state index in [0.717, 1.165) is 34.3 Å². The van der Waals surface area contributed by atoms with Gasteiger partial charge >= 0.3 is 0 Å². The van der Waals surface area contributed by atoms with Crippen LogP contribution in [-0.4, -0.2) is 17.3 Å². The van der Waals surface area contributed by atoms with Gasteiger partial charge in [0.05, 0.1) is 11.9 Å². The summed E-state index contributed by atoms with van der Waals surface area (Å²) in [6.07, 6.45) is 5.12. The molecule has 0 saturated heterocycles. The van der Waals surface area contributed by atoms with Crippen molar-refractivity contribution in [2.45, 2.75) is 37.7 Å². The average molecular weight is 337 g/mol. The number of fused-ring (bicyclic) bond motifs is 1. The van der Waals surface area contributed by atoms with Crippen LogP contribution in [0.15, 0.2) is 33.5 Å². The van der Waals surface area contributed by atoms with Gasteiger partial charge in [0.15, 0.2) is 0 Å². The molecular formula is C15H17BrN2O2. The molecule has 0 N–H and O–H groups in total. The maximum Gasteiger partial charge on any atom is 0.145 e. The molecular weight excluding hydrogens is 320 g/mol. The summed E-state index contributed by atoms with van der Waals surface area (Å²) >= 11 is 3.59. The van der Waals surface area contributed by atoms with Gasteiger partial charge in [-0.25, -0.2) is 0 Å². The van der Waals surface area contributed by atoms with E-state index in [-0.39, 0.29) is 5.41 Å². The molecule has 0 fully saturated rings. The Bertz CT molecular complexity index is 638. The first-order chi connectivity index (χ1) is 9.48. The van der Waals surface area contributed by atoms with E-state index in [1.54, 1.807) is 19.5 Å². The molecule has 2 heterocycles. The first kappa shape index (κ1) is 13.8. The highest BCUT2D eigenvalue weighted by Crippen LogP contribution is 2.48. The molecule has 1 aliphatic rings. The van der Waals surface area contributed by atoms with E-state index in [4.69, 9.17) is 9.26 Å². The Balaban J connectivity index is 2.15. The Hall–Kier alpha value is -1.20. The van der Waals surface area contributed by atoms with Gasteiger partial charge in [-0.3, -0.25) is 4.98 Å². The summed E-state index contributed by atoms with van der Waals surface area (Å²) in [6, 6.07) is 3.91. The molecule has 20 heavy (non-hydrogen) atoms. The quantitative estimate of drug-likeness (QED) is 0.840. The lowest BCUT2D eigenvalue weighted by Crippen LogP contribution is -2.43. The topological polar surface area (TPSA) is 48.2 Å². The summed E-state index contributed by atoms with van der Waals surface area (Å²) in [5, 5.41) is 3.95. The monoisotopic (exact) mass is 336 g/mol. The number of aromatic nitrogens is 2. The second-order valence-electron chi connectivity index (χ2n) is 5.95. The molecule has 5 heteroatoms. The average Bonchev–Trinajstić information content (AvgIpc) is 2.87. The summed E-state index contributed by atoms with van der Waals surface area (Å²) < 4.78 is 12.4. The normalized spacial score (nSPS) is 24.4. The zero-order valence-electron chi connectivity index (χ0n) is 11.8. The number of hydrogen-bond acceptors (Lipinski definition) is 4. The van der Waals surface area contributed by atoms with Crippen molar-refractivity contribution in [2.75, 3.05) is 7.11 Å². The first-order valence-corrected chi connectivity index (χ1v) is 7.38. The van der Waals surface area contributed by atoms with Gasteiger partial charge in [0.2, 0.25) is 0 Å². The summed E-state index contributed by atoms with van der Waals surface area (Å²) in [5.41, 5.74) is 1.43. The van der Waals surface area contributed by atoms with E-state index in [2.05, 4.69) is 39.9 Å². The van der Waals surface area contributed by atoms with Crippen LogP contribution in [0.5, 0.6) is 0 Å². The van der Waals surface area contributed by atoms with Crippen LogP contribution in [0.4, 0.5) is 0 Å². The van der Waals surface area contributed by atoms with E-state index in [0.29, 0.717) is 0 Å². The Morgan fingerprint density at radius 1 is 1.40 bits per heavy atom. The van der Waals surface area contributed by atoms with E-state index >= 15 is 0 Å². The summed E-state index contributed by atoms with van der Waals surface area (Å²) in [7, 11) is 1.75. The van der Waals surface area contributed by atoms with Crippen LogP contribution in [0, 0.1) is 0 Å². The lowest BCUT2D eigenvalue weighted by molar-refractivity contribution is -0.0513. The molecule has 1 atom stereocenters. The highest BCUT2D eigenvalue weighted by atomic mass is 79.9. The third kappa shape index (κ3) is 2.00. The predicted molar refractivity (Wildman–Crippen MR) is 78.5 cm³/mol. The Labute approximate surface area is 126 Å². The van der Waals surface area contributed by atoms with Crippen molar-refractivity contribution in [3.8, 4) is 0 Å². The van der Waals surface area contributed by atoms with E-state index in [1.165, 1.54) is 0 Å². The third-order valence-electron chi connectivity index (χ3n) is 4.04. The Kier molecular flexibility index (Phi) is 3.21. The second-order valence-corrected chi connectivity index (χ2v) is 6.80. The molecule has 0 aliphatic heterocycles. The minimum atomic E-state index is -0.456. The van der Waals surface area contributed by atoms with E-state index in [9.17, 15) is 0 Å². The van der Waals surface area contributed by atoms with Gasteiger partial charge in [-0.1, -0.05) is 19.0 Å². The maximum atomic E-state index is 5.95. The molecule has 0 aromatic carbocycles. The minimum absolute atomic E-state index is 0.142. The van der Waals surface area contributed by atoms with Crippen molar-refractivity contribution in [2.24, 2.45) is 0 Å². The summed E-state index contributed by atoms with van der Waals surface area (Å²) in [4.78, 5) is 4.54. The Morgan fingerprint density at radius 3 is 2.90 bits per heavy atom. The lowest BCUT2D eigenvalue weighted by Gasteiger charge is -2.42. The molecule has 2 aromatic heterocycles.